The summed E-state index contributed by atoms with van der Waals surface area (Å²) >= 11 is 0. The van der Waals surface area contributed by atoms with Gasteiger partial charge in [-0.05, 0) is 37.6 Å². The van der Waals surface area contributed by atoms with E-state index < -0.39 is 11.7 Å². The minimum atomic E-state index is -4.39. The van der Waals surface area contributed by atoms with Crippen molar-refractivity contribution < 1.29 is 22.8 Å². The molecule has 1 amide bonds. The van der Waals surface area contributed by atoms with Crippen LogP contribution in [0.5, 0.6) is 0 Å². The molecule has 110 valence electrons. The molecule has 0 bridgehead atoms. The Bertz CT molecular complexity index is 480. The van der Waals surface area contributed by atoms with Crippen LogP contribution >= 0.6 is 0 Å². The second-order valence-electron chi connectivity index (χ2n) is 4.67. The van der Waals surface area contributed by atoms with Crippen molar-refractivity contribution in [3.05, 3.63) is 29.8 Å². The molecule has 0 saturated carbocycles. The van der Waals surface area contributed by atoms with Gasteiger partial charge in [-0.15, -0.1) is 0 Å². The van der Waals surface area contributed by atoms with Crippen molar-refractivity contribution in [2.75, 3.05) is 5.32 Å². The third kappa shape index (κ3) is 5.03. The standard InChI is InChI=1S/C14H16F3NO2/c1-9(10(2)19)3-8-13(20)18-12-6-4-11(5-7-12)14(15,16)17/h4-7,9H,3,8H2,1-2H3,(H,18,20). The number of alkyl halides is 3. The number of amides is 1. The number of hydrogen-bond donors (Lipinski definition) is 1. The van der Waals surface area contributed by atoms with Crippen LogP contribution in [0.4, 0.5) is 18.9 Å². The van der Waals surface area contributed by atoms with Gasteiger partial charge in [-0.2, -0.15) is 13.2 Å². The average Bonchev–Trinajstić information content (AvgIpc) is 2.35. The Balaban J connectivity index is 2.53. The van der Waals surface area contributed by atoms with Gasteiger partial charge in [0, 0.05) is 18.0 Å². The van der Waals surface area contributed by atoms with Crippen LogP contribution in [0.3, 0.4) is 0 Å². The van der Waals surface area contributed by atoms with Crippen LogP contribution in [-0.4, -0.2) is 11.7 Å². The minimum absolute atomic E-state index is 0.00679. The zero-order chi connectivity index (χ0) is 15.3. The SMILES string of the molecule is CC(=O)C(C)CCC(=O)Nc1ccc(C(F)(F)F)cc1. The first-order chi connectivity index (χ1) is 9.20. The summed E-state index contributed by atoms with van der Waals surface area (Å²) in [6.45, 7) is 3.19. The zero-order valence-electron chi connectivity index (χ0n) is 11.3. The van der Waals surface area contributed by atoms with Crippen molar-refractivity contribution in [1.29, 1.82) is 0 Å². The van der Waals surface area contributed by atoms with Gasteiger partial charge in [0.25, 0.3) is 0 Å². The lowest BCUT2D eigenvalue weighted by molar-refractivity contribution is -0.137. The maximum absolute atomic E-state index is 12.3. The molecular formula is C14H16F3NO2. The molecule has 6 heteroatoms. The summed E-state index contributed by atoms with van der Waals surface area (Å²) in [5, 5.41) is 2.50. The fourth-order valence-electron chi connectivity index (χ4n) is 1.52. The highest BCUT2D eigenvalue weighted by Gasteiger charge is 2.29. The highest BCUT2D eigenvalue weighted by Crippen LogP contribution is 2.29. The molecule has 1 unspecified atom stereocenters. The van der Waals surface area contributed by atoms with Crippen molar-refractivity contribution >= 4 is 17.4 Å². The summed E-state index contributed by atoms with van der Waals surface area (Å²) in [5.74, 6) is -0.515. The molecule has 0 heterocycles. The van der Waals surface area contributed by atoms with Gasteiger partial charge in [0.1, 0.15) is 5.78 Å². The summed E-state index contributed by atoms with van der Waals surface area (Å²) in [7, 11) is 0. The van der Waals surface area contributed by atoms with Crippen LogP contribution in [0.1, 0.15) is 32.3 Å². The number of Topliss-reactive ketones (excluding diaryl/α,β-unsaturated/α-hetero) is 1. The van der Waals surface area contributed by atoms with Crippen molar-refractivity contribution in [2.24, 2.45) is 5.92 Å². The molecule has 1 aromatic rings. The summed E-state index contributed by atoms with van der Waals surface area (Å²) in [6, 6.07) is 4.23. The average molecular weight is 287 g/mol. The number of carbonyl (C=O) groups excluding carboxylic acids is 2. The lowest BCUT2D eigenvalue weighted by Crippen LogP contribution is -2.15. The molecule has 0 fully saturated rings. The van der Waals surface area contributed by atoms with Gasteiger partial charge in [-0.3, -0.25) is 9.59 Å². The van der Waals surface area contributed by atoms with E-state index in [4.69, 9.17) is 0 Å². The molecule has 0 radical (unpaired) electrons. The molecule has 0 aliphatic carbocycles. The molecule has 1 aromatic carbocycles. The number of nitrogens with one attached hydrogen (secondary N) is 1. The predicted octanol–water partition coefficient (Wildman–Crippen LogP) is 3.65. The fourth-order valence-corrected chi connectivity index (χ4v) is 1.52. The number of anilines is 1. The number of carbonyl (C=O) groups is 2. The van der Waals surface area contributed by atoms with Crippen LogP contribution < -0.4 is 5.32 Å². The fraction of sp³-hybridized carbons (Fsp3) is 0.429. The maximum Gasteiger partial charge on any atom is 0.416 e. The first kappa shape index (κ1) is 16.2. The quantitative estimate of drug-likeness (QED) is 0.898. The Kier molecular flexibility index (Phi) is 5.30. The molecule has 0 aliphatic heterocycles. The lowest BCUT2D eigenvalue weighted by Gasteiger charge is -2.10. The van der Waals surface area contributed by atoms with Crippen molar-refractivity contribution in [1.82, 2.24) is 0 Å². The highest BCUT2D eigenvalue weighted by molar-refractivity contribution is 5.91. The largest absolute Gasteiger partial charge is 0.416 e. The van der Waals surface area contributed by atoms with Gasteiger partial charge in [-0.1, -0.05) is 6.92 Å². The molecule has 1 atom stereocenters. The molecule has 0 aliphatic rings. The van der Waals surface area contributed by atoms with Crippen LogP contribution in [0.15, 0.2) is 24.3 Å². The molecule has 0 spiro atoms. The van der Waals surface area contributed by atoms with E-state index in [9.17, 15) is 22.8 Å². The Hall–Kier alpha value is -1.85. The second-order valence-corrected chi connectivity index (χ2v) is 4.67. The van der Waals surface area contributed by atoms with Crippen LogP contribution in [-0.2, 0) is 15.8 Å². The molecule has 0 aromatic heterocycles. The number of rotatable bonds is 5. The molecule has 20 heavy (non-hydrogen) atoms. The summed E-state index contributed by atoms with van der Waals surface area (Å²) in [4.78, 5) is 22.6. The van der Waals surface area contributed by atoms with Gasteiger partial charge < -0.3 is 5.32 Å². The van der Waals surface area contributed by atoms with Gasteiger partial charge in [-0.25, -0.2) is 0 Å². The monoisotopic (exact) mass is 287 g/mol. The van der Waals surface area contributed by atoms with E-state index in [1.807, 2.05) is 0 Å². The van der Waals surface area contributed by atoms with Crippen molar-refractivity contribution in [3.63, 3.8) is 0 Å². The zero-order valence-corrected chi connectivity index (χ0v) is 11.3. The second kappa shape index (κ2) is 6.54. The van der Waals surface area contributed by atoms with E-state index in [0.29, 0.717) is 12.1 Å². The summed E-state index contributed by atoms with van der Waals surface area (Å²) < 4.78 is 37.0. The third-order valence-electron chi connectivity index (χ3n) is 2.99. The van der Waals surface area contributed by atoms with Gasteiger partial charge in [0.2, 0.25) is 5.91 Å². The molecule has 1 rings (SSSR count). The van der Waals surface area contributed by atoms with E-state index in [-0.39, 0.29) is 24.0 Å². The molecule has 3 nitrogen and oxygen atoms in total. The summed E-state index contributed by atoms with van der Waals surface area (Å²) in [6.07, 6.45) is -3.82. The Labute approximate surface area is 115 Å². The first-order valence-corrected chi connectivity index (χ1v) is 6.17. The number of benzene rings is 1. The Morgan fingerprint density at radius 2 is 1.75 bits per heavy atom. The van der Waals surface area contributed by atoms with Crippen molar-refractivity contribution in [2.45, 2.75) is 32.9 Å². The minimum Gasteiger partial charge on any atom is -0.326 e. The number of ketones is 1. The van der Waals surface area contributed by atoms with Crippen LogP contribution in [0.25, 0.3) is 0 Å². The van der Waals surface area contributed by atoms with Crippen LogP contribution in [0.2, 0.25) is 0 Å². The Morgan fingerprint density at radius 3 is 2.20 bits per heavy atom. The Morgan fingerprint density at radius 1 is 1.20 bits per heavy atom. The normalized spacial score (nSPS) is 12.8. The first-order valence-electron chi connectivity index (χ1n) is 6.17. The van der Waals surface area contributed by atoms with Gasteiger partial charge >= 0.3 is 6.18 Å². The van der Waals surface area contributed by atoms with Crippen LogP contribution in [0, 0.1) is 5.92 Å². The lowest BCUT2D eigenvalue weighted by atomic mass is 10.0. The van der Waals surface area contributed by atoms with Gasteiger partial charge in [0.05, 0.1) is 5.56 Å². The van der Waals surface area contributed by atoms with Crippen molar-refractivity contribution in [3.8, 4) is 0 Å². The summed E-state index contributed by atoms with van der Waals surface area (Å²) in [5.41, 5.74) is -0.459. The molecular weight excluding hydrogens is 271 g/mol. The molecule has 1 N–H and O–H groups in total. The van der Waals surface area contributed by atoms with E-state index >= 15 is 0 Å². The topological polar surface area (TPSA) is 46.2 Å². The third-order valence-corrected chi connectivity index (χ3v) is 2.99. The van der Waals surface area contributed by atoms with E-state index in [1.165, 1.54) is 19.1 Å². The van der Waals surface area contributed by atoms with E-state index in [1.54, 1.807) is 6.92 Å². The van der Waals surface area contributed by atoms with E-state index in [0.717, 1.165) is 12.1 Å². The maximum atomic E-state index is 12.3. The smallest absolute Gasteiger partial charge is 0.326 e. The highest BCUT2D eigenvalue weighted by atomic mass is 19.4. The van der Waals surface area contributed by atoms with E-state index in [2.05, 4.69) is 5.32 Å². The van der Waals surface area contributed by atoms with Gasteiger partial charge in [0.15, 0.2) is 0 Å². The number of hydrogen-bond acceptors (Lipinski definition) is 2. The number of halogens is 3. The molecule has 0 saturated heterocycles. The predicted molar refractivity (Wildman–Crippen MR) is 69.2 cm³/mol.